The molecule has 0 N–H and O–H groups in total. The molecule has 0 heterocycles. The molecule has 72 valence electrons. The quantitative estimate of drug-likeness (QED) is 0.610. The molecule has 0 spiro atoms. The predicted molar refractivity (Wildman–Crippen MR) is 56.7 cm³/mol. The van der Waals surface area contributed by atoms with Gasteiger partial charge in [0, 0.05) is 6.42 Å². The molecule has 1 atom stereocenters. The fraction of sp³-hybridized carbons (Fsp3) is 0.900. The van der Waals surface area contributed by atoms with E-state index in [-0.39, 0.29) is 0 Å². The van der Waals surface area contributed by atoms with Crippen molar-refractivity contribution in [2.75, 3.05) is 11.5 Å². The second-order valence-corrected chi connectivity index (χ2v) is 4.35. The number of ketones is 1. The number of carbonyl (C=O) groups is 1. The number of hydrogen-bond acceptors (Lipinski definition) is 2. The Bertz CT molecular complexity index is 123. The molecule has 0 aromatic carbocycles. The fourth-order valence-electron chi connectivity index (χ4n) is 0.843. The Morgan fingerprint density at radius 2 is 2.08 bits per heavy atom. The monoisotopic (exact) mass is 188 g/mol. The summed E-state index contributed by atoms with van der Waals surface area (Å²) < 4.78 is 0. The summed E-state index contributed by atoms with van der Waals surface area (Å²) in [5.74, 6) is 3.01. The Balaban J connectivity index is 3.24. The van der Waals surface area contributed by atoms with Gasteiger partial charge in [-0.1, -0.05) is 27.2 Å². The van der Waals surface area contributed by atoms with Crippen LogP contribution in [0.15, 0.2) is 0 Å². The number of Topliss-reactive ketones (excluding diaryl/α,β-unsaturated/α-hetero) is 1. The number of carbonyl (C=O) groups excluding carboxylic acids is 1. The molecule has 0 aliphatic heterocycles. The Kier molecular flexibility index (Phi) is 7.67. The summed E-state index contributed by atoms with van der Waals surface area (Å²) in [7, 11) is 0. The third-order valence-electron chi connectivity index (χ3n) is 1.89. The first kappa shape index (κ1) is 12.0. The highest BCUT2D eigenvalue weighted by Gasteiger charge is 2.02. The minimum Gasteiger partial charge on any atom is -0.299 e. The van der Waals surface area contributed by atoms with E-state index in [2.05, 4.69) is 20.8 Å². The van der Waals surface area contributed by atoms with Crippen molar-refractivity contribution < 1.29 is 4.79 Å². The summed E-state index contributed by atoms with van der Waals surface area (Å²) in [4.78, 5) is 11.1. The van der Waals surface area contributed by atoms with Gasteiger partial charge in [0.25, 0.3) is 0 Å². The van der Waals surface area contributed by atoms with Gasteiger partial charge in [-0.2, -0.15) is 11.8 Å². The standard InChI is InChI=1S/C10H20OS/c1-4-6-10(11)8-12-7-9(3)5-2/h9H,4-8H2,1-3H3. The first-order valence-corrected chi connectivity index (χ1v) is 5.95. The lowest BCUT2D eigenvalue weighted by Crippen LogP contribution is -2.03. The summed E-state index contributed by atoms with van der Waals surface area (Å²) in [5.41, 5.74) is 0. The molecule has 0 aliphatic rings. The van der Waals surface area contributed by atoms with Crippen molar-refractivity contribution in [1.29, 1.82) is 0 Å². The second-order valence-electron chi connectivity index (χ2n) is 3.32. The predicted octanol–water partition coefficient (Wildman–Crippen LogP) is 3.13. The largest absolute Gasteiger partial charge is 0.299 e. The van der Waals surface area contributed by atoms with Gasteiger partial charge in [0.1, 0.15) is 5.78 Å². The van der Waals surface area contributed by atoms with Crippen LogP contribution in [0.25, 0.3) is 0 Å². The number of hydrogen-bond donors (Lipinski definition) is 0. The smallest absolute Gasteiger partial charge is 0.142 e. The van der Waals surface area contributed by atoms with Crippen LogP contribution in [0.4, 0.5) is 0 Å². The van der Waals surface area contributed by atoms with Crippen LogP contribution in [0.1, 0.15) is 40.0 Å². The molecule has 0 fully saturated rings. The Hall–Kier alpha value is 0.0200. The van der Waals surface area contributed by atoms with Crippen LogP contribution < -0.4 is 0 Å². The van der Waals surface area contributed by atoms with Crippen LogP contribution >= 0.6 is 11.8 Å². The highest BCUT2D eigenvalue weighted by molar-refractivity contribution is 7.99. The van der Waals surface area contributed by atoms with E-state index in [0.717, 1.165) is 30.3 Å². The SMILES string of the molecule is CCCC(=O)CSCC(C)CC. The van der Waals surface area contributed by atoms with Gasteiger partial charge in [0.2, 0.25) is 0 Å². The lowest BCUT2D eigenvalue weighted by Gasteiger charge is -2.06. The first-order chi connectivity index (χ1) is 5.70. The van der Waals surface area contributed by atoms with E-state index in [1.54, 1.807) is 11.8 Å². The van der Waals surface area contributed by atoms with Crippen molar-refractivity contribution in [3.05, 3.63) is 0 Å². The van der Waals surface area contributed by atoms with E-state index in [0.29, 0.717) is 5.78 Å². The van der Waals surface area contributed by atoms with E-state index in [4.69, 9.17) is 0 Å². The topological polar surface area (TPSA) is 17.1 Å². The summed E-state index contributed by atoms with van der Waals surface area (Å²) in [6.45, 7) is 6.48. The second kappa shape index (κ2) is 7.66. The molecule has 0 aromatic heterocycles. The summed E-state index contributed by atoms with van der Waals surface area (Å²) in [6, 6.07) is 0. The molecule has 0 saturated heterocycles. The molecule has 12 heavy (non-hydrogen) atoms. The van der Waals surface area contributed by atoms with Crippen molar-refractivity contribution in [1.82, 2.24) is 0 Å². The van der Waals surface area contributed by atoms with Gasteiger partial charge < -0.3 is 0 Å². The molecule has 0 amide bonds. The van der Waals surface area contributed by atoms with Gasteiger partial charge >= 0.3 is 0 Å². The van der Waals surface area contributed by atoms with Crippen LogP contribution in [0, 0.1) is 5.92 Å². The number of rotatable bonds is 7. The maximum Gasteiger partial charge on any atom is 0.142 e. The van der Waals surface area contributed by atoms with Crippen LogP contribution in [-0.2, 0) is 4.79 Å². The summed E-state index contributed by atoms with van der Waals surface area (Å²) >= 11 is 1.78. The third kappa shape index (κ3) is 6.71. The molecule has 0 rings (SSSR count). The van der Waals surface area contributed by atoms with Crippen molar-refractivity contribution >= 4 is 17.5 Å². The van der Waals surface area contributed by atoms with Gasteiger partial charge in [-0.15, -0.1) is 0 Å². The average molecular weight is 188 g/mol. The van der Waals surface area contributed by atoms with Crippen LogP contribution in [-0.4, -0.2) is 17.3 Å². The zero-order valence-corrected chi connectivity index (χ0v) is 9.25. The molecular weight excluding hydrogens is 168 g/mol. The Labute approximate surface area is 80.3 Å². The molecule has 1 unspecified atom stereocenters. The molecule has 0 saturated carbocycles. The Morgan fingerprint density at radius 1 is 1.42 bits per heavy atom. The van der Waals surface area contributed by atoms with Crippen LogP contribution in [0.2, 0.25) is 0 Å². The molecule has 0 aromatic rings. The molecule has 0 bridgehead atoms. The first-order valence-electron chi connectivity index (χ1n) is 4.80. The fourth-order valence-corrected chi connectivity index (χ4v) is 1.97. The van der Waals surface area contributed by atoms with Gasteiger partial charge in [-0.25, -0.2) is 0 Å². The molecule has 0 radical (unpaired) electrons. The third-order valence-corrected chi connectivity index (χ3v) is 3.22. The minimum atomic E-state index is 0.408. The normalized spacial score (nSPS) is 12.9. The Morgan fingerprint density at radius 3 is 2.58 bits per heavy atom. The van der Waals surface area contributed by atoms with E-state index in [1.807, 2.05) is 0 Å². The van der Waals surface area contributed by atoms with Gasteiger partial charge in [0.15, 0.2) is 0 Å². The van der Waals surface area contributed by atoms with Crippen LogP contribution in [0.5, 0.6) is 0 Å². The van der Waals surface area contributed by atoms with Gasteiger partial charge in [-0.3, -0.25) is 4.79 Å². The average Bonchev–Trinajstić information content (AvgIpc) is 2.04. The zero-order chi connectivity index (χ0) is 9.40. The van der Waals surface area contributed by atoms with E-state index >= 15 is 0 Å². The van der Waals surface area contributed by atoms with Crippen molar-refractivity contribution in [2.24, 2.45) is 5.92 Å². The van der Waals surface area contributed by atoms with Crippen molar-refractivity contribution in [2.45, 2.75) is 40.0 Å². The molecule has 1 nitrogen and oxygen atoms in total. The maximum absolute atomic E-state index is 11.1. The minimum absolute atomic E-state index is 0.408. The summed E-state index contributed by atoms with van der Waals surface area (Å²) in [6.07, 6.45) is 2.96. The highest BCUT2D eigenvalue weighted by atomic mass is 32.2. The summed E-state index contributed by atoms with van der Waals surface area (Å²) in [5, 5.41) is 0. The maximum atomic E-state index is 11.1. The number of thioether (sulfide) groups is 1. The zero-order valence-electron chi connectivity index (χ0n) is 8.43. The van der Waals surface area contributed by atoms with E-state index in [9.17, 15) is 4.79 Å². The van der Waals surface area contributed by atoms with Crippen molar-refractivity contribution in [3.63, 3.8) is 0 Å². The van der Waals surface area contributed by atoms with Crippen LogP contribution in [0.3, 0.4) is 0 Å². The lowest BCUT2D eigenvalue weighted by atomic mass is 10.2. The molecule has 2 heteroatoms. The van der Waals surface area contributed by atoms with E-state index < -0.39 is 0 Å². The van der Waals surface area contributed by atoms with Crippen molar-refractivity contribution in [3.8, 4) is 0 Å². The molecular formula is C10H20OS. The van der Waals surface area contributed by atoms with Gasteiger partial charge in [-0.05, 0) is 18.1 Å². The highest BCUT2D eigenvalue weighted by Crippen LogP contribution is 2.11. The molecule has 0 aliphatic carbocycles. The van der Waals surface area contributed by atoms with E-state index in [1.165, 1.54) is 6.42 Å². The lowest BCUT2D eigenvalue weighted by molar-refractivity contribution is -0.116. The van der Waals surface area contributed by atoms with Gasteiger partial charge in [0.05, 0.1) is 5.75 Å².